The predicted octanol–water partition coefficient (Wildman–Crippen LogP) is 1.67. The molecule has 1 aromatic rings. The highest BCUT2D eigenvalue weighted by molar-refractivity contribution is 14.1. The van der Waals surface area contributed by atoms with Crippen LogP contribution in [0, 0.1) is 3.57 Å². The molecule has 0 unspecified atom stereocenters. The van der Waals surface area contributed by atoms with Gasteiger partial charge in [-0.25, -0.2) is 0 Å². The Morgan fingerprint density at radius 3 is 2.60 bits per heavy atom. The molecule has 0 atom stereocenters. The summed E-state index contributed by atoms with van der Waals surface area (Å²) in [4.78, 5) is 0. The summed E-state index contributed by atoms with van der Waals surface area (Å²) in [6.45, 7) is 0. The minimum Gasteiger partial charge on any atom is -0.508 e. The quantitative estimate of drug-likeness (QED) is 0.602. The molecule has 1 nitrogen and oxygen atoms in total. The van der Waals surface area contributed by atoms with Gasteiger partial charge in [0.25, 0.3) is 0 Å². The zero-order chi connectivity index (χ0) is 7.56. The number of aromatic hydroxyl groups is 1. The van der Waals surface area contributed by atoms with Crippen molar-refractivity contribution in [3.63, 3.8) is 0 Å². The van der Waals surface area contributed by atoms with E-state index in [1.807, 2.05) is 12.1 Å². The van der Waals surface area contributed by atoms with E-state index in [0.717, 1.165) is 9.13 Å². The number of phenols is 1. The van der Waals surface area contributed by atoms with E-state index in [0.29, 0.717) is 11.8 Å². The van der Waals surface area contributed by atoms with E-state index in [4.69, 9.17) is 0 Å². The number of halogens is 1. The first-order chi connectivity index (χ1) is 4.75. The monoisotopic (exact) mass is 261 g/mol. The Kier molecular flexibility index (Phi) is 2.73. The fourth-order valence-electron chi connectivity index (χ4n) is 0.722. The van der Waals surface area contributed by atoms with Gasteiger partial charge in [0.15, 0.2) is 0 Å². The molecule has 0 aliphatic heterocycles. The van der Waals surface area contributed by atoms with Crippen molar-refractivity contribution in [2.75, 3.05) is 0 Å². The van der Waals surface area contributed by atoms with Crippen LogP contribution in [0.25, 0.3) is 0 Å². The molecule has 1 aromatic carbocycles. The number of rotatable bonds is 1. The van der Waals surface area contributed by atoms with Crippen molar-refractivity contribution in [1.82, 2.24) is 0 Å². The second-order valence-electron chi connectivity index (χ2n) is 1.91. The number of hydrogen-bond acceptors (Lipinski definition) is 1. The average Bonchev–Trinajstić information content (AvgIpc) is 1.88. The number of phenolic OH excluding ortho intramolecular Hbond substituents is 1. The van der Waals surface area contributed by atoms with Gasteiger partial charge in [-0.2, -0.15) is 0 Å². The van der Waals surface area contributed by atoms with E-state index in [-0.39, 0.29) is 0 Å². The number of hydrogen-bond donors (Lipinski definition) is 1. The summed E-state index contributed by atoms with van der Waals surface area (Å²) in [5.74, 6) is 0.363. The SMILES string of the molecule is Oc1cccc(I)c1C[Si]. The van der Waals surface area contributed by atoms with Gasteiger partial charge in [0.1, 0.15) is 5.75 Å². The van der Waals surface area contributed by atoms with Gasteiger partial charge >= 0.3 is 0 Å². The molecule has 51 valence electrons. The van der Waals surface area contributed by atoms with Gasteiger partial charge in [-0.1, -0.05) is 6.07 Å². The standard InChI is InChI=1S/C7H6IOSi/c8-6-2-1-3-7(9)5(6)4-10/h1-3,9H,4H2. The molecule has 0 aliphatic carbocycles. The molecule has 0 bridgehead atoms. The topological polar surface area (TPSA) is 20.2 Å². The van der Waals surface area contributed by atoms with Crippen molar-refractivity contribution in [3.8, 4) is 5.75 Å². The van der Waals surface area contributed by atoms with Crippen LogP contribution in [0.2, 0.25) is 0 Å². The maximum atomic E-state index is 9.26. The lowest BCUT2D eigenvalue weighted by Crippen LogP contribution is -1.88. The smallest absolute Gasteiger partial charge is 0.119 e. The Hall–Kier alpha value is -0.0331. The molecule has 0 aliphatic rings. The maximum Gasteiger partial charge on any atom is 0.119 e. The second-order valence-corrected chi connectivity index (χ2v) is 3.43. The summed E-state index contributed by atoms with van der Waals surface area (Å²) >= 11 is 2.19. The maximum absolute atomic E-state index is 9.26. The largest absolute Gasteiger partial charge is 0.508 e. The van der Waals surface area contributed by atoms with Crippen molar-refractivity contribution >= 4 is 32.8 Å². The van der Waals surface area contributed by atoms with Crippen LogP contribution < -0.4 is 0 Å². The van der Waals surface area contributed by atoms with Crippen molar-refractivity contribution in [3.05, 3.63) is 27.3 Å². The first kappa shape index (κ1) is 8.07. The Bertz CT molecular complexity index is 217. The van der Waals surface area contributed by atoms with E-state index < -0.39 is 0 Å². The van der Waals surface area contributed by atoms with Crippen LogP contribution in [-0.4, -0.2) is 15.3 Å². The molecular weight excluding hydrogens is 255 g/mol. The molecule has 3 radical (unpaired) electrons. The molecule has 1 rings (SSSR count). The first-order valence-corrected chi connectivity index (χ1v) is 4.65. The average molecular weight is 261 g/mol. The van der Waals surface area contributed by atoms with Crippen LogP contribution in [0.4, 0.5) is 0 Å². The summed E-state index contributed by atoms with van der Waals surface area (Å²) in [5, 5.41) is 9.26. The highest BCUT2D eigenvalue weighted by Gasteiger charge is 2.00. The molecular formula is C7H6IOSi. The lowest BCUT2D eigenvalue weighted by atomic mass is 10.2. The Balaban J connectivity index is 3.17. The number of benzene rings is 1. The van der Waals surface area contributed by atoms with Crippen molar-refractivity contribution < 1.29 is 5.11 Å². The zero-order valence-corrected chi connectivity index (χ0v) is 8.42. The molecule has 0 spiro atoms. The van der Waals surface area contributed by atoms with Crippen molar-refractivity contribution in [2.45, 2.75) is 6.04 Å². The van der Waals surface area contributed by atoms with Gasteiger partial charge in [-0.05, 0) is 40.8 Å². The fourth-order valence-corrected chi connectivity index (χ4v) is 2.13. The third kappa shape index (κ3) is 1.52. The van der Waals surface area contributed by atoms with Crippen LogP contribution in [-0.2, 0) is 6.04 Å². The van der Waals surface area contributed by atoms with Gasteiger partial charge in [0, 0.05) is 19.4 Å². The van der Waals surface area contributed by atoms with E-state index in [1.54, 1.807) is 6.07 Å². The normalized spacial score (nSPS) is 9.80. The summed E-state index contributed by atoms with van der Waals surface area (Å²) in [5.41, 5.74) is 0.958. The van der Waals surface area contributed by atoms with Crippen molar-refractivity contribution in [2.24, 2.45) is 0 Å². The second kappa shape index (κ2) is 3.38. The molecule has 10 heavy (non-hydrogen) atoms. The van der Waals surface area contributed by atoms with Crippen LogP contribution in [0.3, 0.4) is 0 Å². The molecule has 3 heteroatoms. The molecule has 1 N–H and O–H groups in total. The third-order valence-corrected chi connectivity index (χ3v) is 2.64. The highest BCUT2D eigenvalue weighted by atomic mass is 127. The van der Waals surface area contributed by atoms with Crippen molar-refractivity contribution in [1.29, 1.82) is 0 Å². The fraction of sp³-hybridized carbons (Fsp3) is 0.143. The molecule has 0 aromatic heterocycles. The summed E-state index contributed by atoms with van der Waals surface area (Å²) in [6, 6.07) is 6.20. The lowest BCUT2D eigenvalue weighted by molar-refractivity contribution is 0.470. The van der Waals surface area contributed by atoms with E-state index in [9.17, 15) is 5.11 Å². The molecule has 0 fully saturated rings. The highest BCUT2D eigenvalue weighted by Crippen LogP contribution is 2.21. The Morgan fingerprint density at radius 1 is 1.50 bits per heavy atom. The van der Waals surface area contributed by atoms with Crippen LogP contribution in [0.15, 0.2) is 18.2 Å². The molecule has 0 saturated carbocycles. The Labute approximate surface area is 77.0 Å². The van der Waals surface area contributed by atoms with E-state index >= 15 is 0 Å². The Morgan fingerprint density at radius 2 is 2.20 bits per heavy atom. The third-order valence-electron chi connectivity index (χ3n) is 1.27. The first-order valence-electron chi connectivity index (χ1n) is 2.86. The summed E-state index contributed by atoms with van der Waals surface area (Å²) in [7, 11) is 3.34. The summed E-state index contributed by atoms with van der Waals surface area (Å²) < 4.78 is 1.09. The van der Waals surface area contributed by atoms with Crippen LogP contribution in [0.5, 0.6) is 5.75 Å². The van der Waals surface area contributed by atoms with E-state index in [1.165, 1.54) is 0 Å². The summed E-state index contributed by atoms with van der Waals surface area (Å²) in [6.07, 6.45) is 0. The van der Waals surface area contributed by atoms with Gasteiger partial charge in [-0.3, -0.25) is 0 Å². The minimum atomic E-state index is 0.363. The van der Waals surface area contributed by atoms with Gasteiger partial charge in [0.2, 0.25) is 0 Å². The van der Waals surface area contributed by atoms with E-state index in [2.05, 4.69) is 32.8 Å². The van der Waals surface area contributed by atoms with Gasteiger partial charge < -0.3 is 5.11 Å². The van der Waals surface area contributed by atoms with Crippen LogP contribution >= 0.6 is 22.6 Å². The van der Waals surface area contributed by atoms with Gasteiger partial charge in [0.05, 0.1) is 0 Å². The van der Waals surface area contributed by atoms with Crippen LogP contribution in [0.1, 0.15) is 5.56 Å². The zero-order valence-electron chi connectivity index (χ0n) is 5.26. The lowest BCUT2D eigenvalue weighted by Gasteiger charge is -2.01. The molecule has 0 amide bonds. The van der Waals surface area contributed by atoms with Gasteiger partial charge in [-0.15, -0.1) is 0 Å². The minimum absolute atomic E-state index is 0.363. The molecule has 0 saturated heterocycles. The molecule has 0 heterocycles. The predicted molar refractivity (Wildman–Crippen MR) is 50.3 cm³/mol.